The van der Waals surface area contributed by atoms with Crippen molar-refractivity contribution in [2.45, 2.75) is 25.8 Å². The number of carbonyl (C=O) groups excluding carboxylic acids is 1. The number of aromatic amines is 1. The minimum atomic E-state index is -0.170. The van der Waals surface area contributed by atoms with E-state index in [0.717, 1.165) is 18.4 Å². The van der Waals surface area contributed by atoms with Crippen LogP contribution in [-0.2, 0) is 7.05 Å². The Balaban J connectivity index is 1.65. The summed E-state index contributed by atoms with van der Waals surface area (Å²) in [5, 5.41) is 3.69. The second-order valence-corrected chi connectivity index (χ2v) is 7.64. The lowest BCUT2D eigenvalue weighted by molar-refractivity contribution is 0.0932. The maximum absolute atomic E-state index is 12.9. The number of fused-ring (bicyclic) bond motifs is 1. The van der Waals surface area contributed by atoms with Gasteiger partial charge in [0.25, 0.3) is 11.5 Å². The number of amides is 1. The third kappa shape index (κ3) is 3.45. The first-order valence-corrected chi connectivity index (χ1v) is 9.45. The fourth-order valence-corrected chi connectivity index (χ4v) is 3.54. The highest BCUT2D eigenvalue weighted by molar-refractivity contribution is 7.71. The van der Waals surface area contributed by atoms with Gasteiger partial charge in [-0.2, -0.15) is 0 Å². The average molecular weight is 379 g/mol. The Morgan fingerprint density at radius 1 is 1.22 bits per heavy atom. The molecular formula is C21H21N3O2S. The van der Waals surface area contributed by atoms with E-state index in [1.54, 1.807) is 25.2 Å². The van der Waals surface area contributed by atoms with Crippen molar-refractivity contribution in [1.29, 1.82) is 0 Å². The van der Waals surface area contributed by atoms with Gasteiger partial charge in [0.1, 0.15) is 0 Å². The van der Waals surface area contributed by atoms with E-state index in [1.165, 1.54) is 10.1 Å². The number of nitrogens with zero attached hydrogens (tertiary/aromatic N) is 1. The van der Waals surface area contributed by atoms with E-state index in [0.29, 0.717) is 27.2 Å². The van der Waals surface area contributed by atoms with E-state index < -0.39 is 0 Å². The third-order valence-corrected chi connectivity index (χ3v) is 5.56. The first kappa shape index (κ1) is 17.7. The maximum Gasteiger partial charge on any atom is 0.261 e. The van der Waals surface area contributed by atoms with Crippen LogP contribution in [0.4, 0.5) is 0 Å². The molecule has 1 amide bonds. The Bertz CT molecular complexity index is 1140. The van der Waals surface area contributed by atoms with Crippen LogP contribution in [0.2, 0.25) is 0 Å². The van der Waals surface area contributed by atoms with Crippen molar-refractivity contribution in [2.75, 3.05) is 0 Å². The zero-order valence-electron chi connectivity index (χ0n) is 15.3. The van der Waals surface area contributed by atoms with Crippen LogP contribution in [0.5, 0.6) is 0 Å². The normalized spacial score (nSPS) is 14.9. The smallest absolute Gasteiger partial charge is 0.261 e. The largest absolute Gasteiger partial charge is 0.345 e. The molecule has 1 aliphatic carbocycles. The molecule has 1 aromatic heterocycles. The number of nitrogens with one attached hydrogen (secondary N) is 2. The van der Waals surface area contributed by atoms with E-state index in [-0.39, 0.29) is 17.5 Å². The number of benzene rings is 2. The van der Waals surface area contributed by atoms with Crippen LogP contribution in [0.1, 0.15) is 40.4 Å². The minimum absolute atomic E-state index is 0.0101. The van der Waals surface area contributed by atoms with E-state index in [9.17, 15) is 9.59 Å². The lowest BCUT2D eigenvalue weighted by Crippen LogP contribution is -2.30. The van der Waals surface area contributed by atoms with Gasteiger partial charge in [0, 0.05) is 12.6 Å². The third-order valence-electron chi connectivity index (χ3n) is 5.18. The summed E-state index contributed by atoms with van der Waals surface area (Å²) < 4.78 is 1.72. The number of hydrogen-bond acceptors (Lipinski definition) is 3. The molecule has 0 radical (unpaired) electrons. The van der Waals surface area contributed by atoms with Crippen molar-refractivity contribution < 1.29 is 4.79 Å². The molecule has 1 atom stereocenters. The van der Waals surface area contributed by atoms with E-state index >= 15 is 0 Å². The molecule has 3 aromatic rings. The number of H-pyrrole nitrogens is 1. The second kappa shape index (κ2) is 6.78. The average Bonchev–Trinajstić information content (AvgIpc) is 3.49. The van der Waals surface area contributed by atoms with Crippen molar-refractivity contribution in [2.24, 2.45) is 13.0 Å². The fourth-order valence-electron chi connectivity index (χ4n) is 3.35. The van der Waals surface area contributed by atoms with E-state index in [4.69, 9.17) is 12.2 Å². The highest BCUT2D eigenvalue weighted by Crippen LogP contribution is 2.41. The van der Waals surface area contributed by atoms with Gasteiger partial charge >= 0.3 is 0 Å². The van der Waals surface area contributed by atoms with Gasteiger partial charge in [0.05, 0.1) is 16.9 Å². The molecule has 4 rings (SSSR count). The molecule has 6 heteroatoms. The molecule has 1 heterocycles. The van der Waals surface area contributed by atoms with Crippen LogP contribution >= 0.6 is 12.2 Å². The molecule has 2 aromatic carbocycles. The summed E-state index contributed by atoms with van der Waals surface area (Å²) in [6.07, 6.45) is 2.25. The second-order valence-electron chi connectivity index (χ2n) is 7.25. The first-order chi connectivity index (χ1) is 12.9. The predicted molar refractivity (Wildman–Crippen MR) is 108 cm³/mol. The lowest BCUT2D eigenvalue weighted by Gasteiger charge is -2.19. The van der Waals surface area contributed by atoms with Crippen molar-refractivity contribution >= 4 is 29.0 Å². The molecule has 138 valence electrons. The summed E-state index contributed by atoms with van der Waals surface area (Å²) in [5.41, 5.74) is 3.25. The van der Waals surface area contributed by atoms with Crippen molar-refractivity contribution in [1.82, 2.24) is 14.9 Å². The summed E-state index contributed by atoms with van der Waals surface area (Å²) in [4.78, 5) is 28.2. The van der Waals surface area contributed by atoms with Crippen LogP contribution in [0, 0.1) is 17.6 Å². The van der Waals surface area contributed by atoms with Gasteiger partial charge in [-0.15, -0.1) is 0 Å². The number of aryl methyl sites for hydroxylation is 1. The van der Waals surface area contributed by atoms with Gasteiger partial charge in [-0.1, -0.05) is 29.8 Å². The van der Waals surface area contributed by atoms with Crippen LogP contribution in [0.3, 0.4) is 0 Å². The van der Waals surface area contributed by atoms with Crippen LogP contribution in [0.15, 0.2) is 47.3 Å². The highest BCUT2D eigenvalue weighted by Gasteiger charge is 2.33. The molecule has 0 aliphatic heterocycles. The summed E-state index contributed by atoms with van der Waals surface area (Å²) in [5.74, 6) is 0.338. The Labute approximate surface area is 162 Å². The number of hydrogen-bond donors (Lipinski definition) is 2. The topological polar surface area (TPSA) is 66.9 Å². The summed E-state index contributed by atoms with van der Waals surface area (Å²) in [6.45, 7) is 2.05. The summed E-state index contributed by atoms with van der Waals surface area (Å²) in [7, 11) is 1.63. The molecule has 1 fully saturated rings. The monoisotopic (exact) mass is 379 g/mol. The Hall–Kier alpha value is -2.73. The Kier molecular flexibility index (Phi) is 4.44. The molecule has 0 saturated heterocycles. The number of aromatic nitrogens is 2. The minimum Gasteiger partial charge on any atom is -0.345 e. The molecule has 27 heavy (non-hydrogen) atoms. The van der Waals surface area contributed by atoms with E-state index in [1.807, 2.05) is 0 Å². The SMILES string of the molecule is Cc1ccc([C@@H](NC(=O)c2ccc3c(=O)n(C)c(=S)[nH]c3c2)C2CC2)cc1. The van der Waals surface area contributed by atoms with Gasteiger partial charge in [0.15, 0.2) is 4.77 Å². The van der Waals surface area contributed by atoms with Gasteiger partial charge in [0.2, 0.25) is 0 Å². The molecule has 0 unspecified atom stereocenters. The number of carbonyl (C=O) groups is 1. The highest BCUT2D eigenvalue weighted by atomic mass is 32.1. The fraction of sp³-hybridized carbons (Fsp3) is 0.286. The van der Waals surface area contributed by atoms with Crippen LogP contribution < -0.4 is 10.9 Å². The van der Waals surface area contributed by atoms with Crippen molar-refractivity contribution in [3.63, 3.8) is 0 Å². The molecule has 5 nitrogen and oxygen atoms in total. The molecule has 0 bridgehead atoms. The Morgan fingerprint density at radius 2 is 1.93 bits per heavy atom. The number of rotatable bonds is 4. The molecule has 0 spiro atoms. The standard InChI is InChI=1S/C21H21N3O2S/c1-12-3-5-13(6-4-12)18(14-7-8-14)23-19(25)15-9-10-16-17(11-15)22-21(27)24(2)20(16)26/h3-6,9-11,14,18H,7-8H2,1-2H3,(H,22,27)(H,23,25)/t18-/m1/s1. The van der Waals surface area contributed by atoms with Crippen molar-refractivity contribution in [3.8, 4) is 0 Å². The van der Waals surface area contributed by atoms with Gasteiger partial charge in [-0.25, -0.2) is 0 Å². The lowest BCUT2D eigenvalue weighted by atomic mass is 10.0. The molecule has 1 saturated carbocycles. The summed E-state index contributed by atoms with van der Waals surface area (Å²) in [6, 6.07) is 13.4. The van der Waals surface area contributed by atoms with Crippen molar-refractivity contribution in [3.05, 3.63) is 74.3 Å². The first-order valence-electron chi connectivity index (χ1n) is 9.04. The van der Waals surface area contributed by atoms with Crippen LogP contribution in [-0.4, -0.2) is 15.5 Å². The molecular weight excluding hydrogens is 358 g/mol. The maximum atomic E-state index is 12.9. The predicted octanol–water partition coefficient (Wildman–Crippen LogP) is 3.79. The molecule has 1 aliphatic rings. The Morgan fingerprint density at radius 3 is 2.59 bits per heavy atom. The van der Waals surface area contributed by atoms with Crippen LogP contribution in [0.25, 0.3) is 10.9 Å². The van der Waals surface area contributed by atoms with E-state index in [2.05, 4.69) is 41.5 Å². The quantitative estimate of drug-likeness (QED) is 0.678. The van der Waals surface area contributed by atoms with Gasteiger partial charge in [-0.05, 0) is 61.7 Å². The van der Waals surface area contributed by atoms with Gasteiger partial charge in [-0.3, -0.25) is 14.2 Å². The zero-order valence-corrected chi connectivity index (χ0v) is 16.1. The zero-order chi connectivity index (χ0) is 19.1. The van der Waals surface area contributed by atoms with Gasteiger partial charge < -0.3 is 10.3 Å². The molecule has 2 N–H and O–H groups in total. The summed E-state index contributed by atoms with van der Waals surface area (Å²) >= 11 is 5.17.